The molecule has 7 heteroatoms. The SMILES string of the molecule is CCNC(Cc1nc(CCC(F)(F)F)no1)C(C)C. The highest BCUT2D eigenvalue weighted by atomic mass is 19.4. The average Bonchev–Trinajstić information content (AvgIpc) is 2.72. The number of nitrogens with one attached hydrogen (secondary N) is 1. The number of hydrogen-bond donors (Lipinski definition) is 1. The standard InChI is InChI=1S/C12H20F3N3O/c1-4-16-9(8(2)3)7-11-17-10(18-19-11)5-6-12(13,14)15/h8-9,16H,4-7H2,1-3H3. The molecule has 1 heterocycles. The summed E-state index contributed by atoms with van der Waals surface area (Å²) in [6, 6.07) is 0.181. The van der Waals surface area contributed by atoms with Crippen molar-refractivity contribution >= 4 is 0 Å². The van der Waals surface area contributed by atoms with E-state index in [0.29, 0.717) is 18.2 Å². The molecule has 1 aromatic rings. The summed E-state index contributed by atoms with van der Waals surface area (Å²) in [5, 5.41) is 6.87. The van der Waals surface area contributed by atoms with Crippen molar-refractivity contribution in [3.8, 4) is 0 Å². The minimum Gasteiger partial charge on any atom is -0.339 e. The van der Waals surface area contributed by atoms with Crippen molar-refractivity contribution in [2.75, 3.05) is 6.54 Å². The number of rotatable bonds is 7. The van der Waals surface area contributed by atoms with Crippen LogP contribution < -0.4 is 5.32 Å². The number of likely N-dealkylation sites (N-methyl/N-ethyl adjacent to an activating group) is 1. The Balaban J connectivity index is 2.54. The lowest BCUT2D eigenvalue weighted by Gasteiger charge is -2.19. The third-order valence-electron chi connectivity index (χ3n) is 2.81. The Kier molecular flexibility index (Phi) is 5.78. The molecule has 0 aliphatic carbocycles. The fourth-order valence-electron chi connectivity index (χ4n) is 1.72. The first-order valence-electron chi connectivity index (χ1n) is 6.43. The van der Waals surface area contributed by atoms with Crippen molar-refractivity contribution in [2.24, 2.45) is 5.92 Å². The highest BCUT2D eigenvalue weighted by molar-refractivity contribution is 4.91. The van der Waals surface area contributed by atoms with Crippen molar-refractivity contribution in [1.82, 2.24) is 15.5 Å². The van der Waals surface area contributed by atoms with E-state index in [9.17, 15) is 13.2 Å². The molecule has 1 unspecified atom stereocenters. The molecular formula is C12H20F3N3O. The van der Waals surface area contributed by atoms with Crippen LogP contribution in [-0.4, -0.2) is 28.9 Å². The van der Waals surface area contributed by atoms with E-state index >= 15 is 0 Å². The summed E-state index contributed by atoms with van der Waals surface area (Å²) in [5.74, 6) is 0.883. The third kappa shape index (κ3) is 6.04. The molecule has 1 rings (SSSR count). The van der Waals surface area contributed by atoms with E-state index in [2.05, 4.69) is 29.3 Å². The first kappa shape index (κ1) is 15.9. The minimum atomic E-state index is -4.19. The Morgan fingerprint density at radius 3 is 2.53 bits per heavy atom. The van der Waals surface area contributed by atoms with Crippen LogP contribution in [0.2, 0.25) is 0 Å². The zero-order valence-corrected chi connectivity index (χ0v) is 11.4. The topological polar surface area (TPSA) is 51.0 Å². The van der Waals surface area contributed by atoms with Gasteiger partial charge in [-0.25, -0.2) is 0 Å². The number of nitrogens with zero attached hydrogens (tertiary/aromatic N) is 2. The fraction of sp³-hybridized carbons (Fsp3) is 0.833. The molecule has 0 fully saturated rings. The Hall–Kier alpha value is -1.11. The molecule has 0 aliphatic rings. The molecular weight excluding hydrogens is 259 g/mol. The summed E-state index contributed by atoms with van der Waals surface area (Å²) in [6.45, 7) is 6.94. The van der Waals surface area contributed by atoms with Crippen LogP contribution in [0.1, 0.15) is 38.9 Å². The quantitative estimate of drug-likeness (QED) is 0.833. The van der Waals surface area contributed by atoms with Crippen molar-refractivity contribution in [1.29, 1.82) is 0 Å². The molecule has 0 saturated heterocycles. The summed E-state index contributed by atoms with van der Waals surface area (Å²) < 4.78 is 41.2. The molecule has 1 N–H and O–H groups in total. The second kappa shape index (κ2) is 6.88. The second-order valence-corrected chi connectivity index (χ2v) is 4.83. The molecule has 0 amide bonds. The Morgan fingerprint density at radius 2 is 2.00 bits per heavy atom. The summed E-state index contributed by atoms with van der Waals surface area (Å²) in [7, 11) is 0. The van der Waals surface area contributed by atoms with E-state index in [4.69, 9.17) is 4.52 Å². The monoisotopic (exact) mass is 279 g/mol. The lowest BCUT2D eigenvalue weighted by molar-refractivity contribution is -0.134. The number of alkyl halides is 3. The fourth-order valence-corrected chi connectivity index (χ4v) is 1.72. The van der Waals surface area contributed by atoms with Crippen molar-refractivity contribution in [2.45, 2.75) is 52.3 Å². The van der Waals surface area contributed by atoms with Gasteiger partial charge in [0, 0.05) is 18.9 Å². The highest BCUT2D eigenvalue weighted by Crippen LogP contribution is 2.21. The maximum atomic E-state index is 12.1. The third-order valence-corrected chi connectivity index (χ3v) is 2.81. The van der Waals surface area contributed by atoms with Crippen molar-refractivity contribution < 1.29 is 17.7 Å². The van der Waals surface area contributed by atoms with Gasteiger partial charge in [-0.1, -0.05) is 25.9 Å². The van der Waals surface area contributed by atoms with Crippen LogP contribution in [0.15, 0.2) is 4.52 Å². The van der Waals surface area contributed by atoms with Crippen LogP contribution in [0.3, 0.4) is 0 Å². The molecule has 4 nitrogen and oxygen atoms in total. The second-order valence-electron chi connectivity index (χ2n) is 4.83. The van der Waals surface area contributed by atoms with Crippen LogP contribution in [0.5, 0.6) is 0 Å². The Labute approximate surface area is 110 Å². The van der Waals surface area contributed by atoms with Gasteiger partial charge in [0.2, 0.25) is 5.89 Å². The number of hydrogen-bond acceptors (Lipinski definition) is 4. The predicted molar refractivity (Wildman–Crippen MR) is 64.7 cm³/mol. The molecule has 0 aromatic carbocycles. The zero-order chi connectivity index (χ0) is 14.5. The molecule has 19 heavy (non-hydrogen) atoms. The van der Waals surface area contributed by atoms with Crippen molar-refractivity contribution in [3.63, 3.8) is 0 Å². The van der Waals surface area contributed by atoms with Crippen LogP contribution in [0.4, 0.5) is 13.2 Å². The molecule has 110 valence electrons. The lowest BCUT2D eigenvalue weighted by atomic mass is 10.0. The predicted octanol–water partition coefficient (Wildman–Crippen LogP) is 2.74. The van der Waals surface area contributed by atoms with E-state index in [-0.39, 0.29) is 18.3 Å². The summed E-state index contributed by atoms with van der Waals surface area (Å²) in [6.07, 6.45) is -4.82. The van der Waals surface area contributed by atoms with Gasteiger partial charge in [-0.05, 0) is 12.5 Å². The minimum absolute atomic E-state index is 0.117. The lowest BCUT2D eigenvalue weighted by Crippen LogP contribution is -2.35. The number of aromatic nitrogens is 2. The van der Waals surface area contributed by atoms with E-state index in [1.54, 1.807) is 0 Å². The molecule has 1 aromatic heterocycles. The van der Waals surface area contributed by atoms with Gasteiger partial charge in [-0.2, -0.15) is 18.2 Å². The normalized spacial score (nSPS) is 14.1. The number of halogens is 3. The molecule has 0 spiro atoms. The van der Waals surface area contributed by atoms with Crippen LogP contribution in [-0.2, 0) is 12.8 Å². The van der Waals surface area contributed by atoms with E-state index in [0.717, 1.165) is 6.54 Å². The average molecular weight is 279 g/mol. The van der Waals surface area contributed by atoms with E-state index in [1.165, 1.54) is 0 Å². The van der Waals surface area contributed by atoms with Gasteiger partial charge >= 0.3 is 6.18 Å². The molecule has 0 radical (unpaired) electrons. The van der Waals surface area contributed by atoms with Gasteiger partial charge in [-0.3, -0.25) is 0 Å². The van der Waals surface area contributed by atoms with Gasteiger partial charge in [0.25, 0.3) is 0 Å². The van der Waals surface area contributed by atoms with Crippen LogP contribution >= 0.6 is 0 Å². The first-order chi connectivity index (χ1) is 8.81. The Bertz CT molecular complexity index is 377. The van der Waals surface area contributed by atoms with Gasteiger partial charge < -0.3 is 9.84 Å². The van der Waals surface area contributed by atoms with Crippen LogP contribution in [0, 0.1) is 5.92 Å². The van der Waals surface area contributed by atoms with Gasteiger partial charge in [0.05, 0.1) is 6.42 Å². The van der Waals surface area contributed by atoms with Crippen LogP contribution in [0.25, 0.3) is 0 Å². The number of aryl methyl sites for hydroxylation is 1. The molecule has 0 bridgehead atoms. The summed E-state index contributed by atoms with van der Waals surface area (Å²) in [4.78, 5) is 4.00. The molecule has 1 atom stereocenters. The first-order valence-corrected chi connectivity index (χ1v) is 6.43. The maximum Gasteiger partial charge on any atom is 0.389 e. The van der Waals surface area contributed by atoms with Gasteiger partial charge in [0.15, 0.2) is 5.82 Å². The summed E-state index contributed by atoms with van der Waals surface area (Å²) >= 11 is 0. The van der Waals surface area contributed by atoms with Gasteiger partial charge in [0.1, 0.15) is 0 Å². The van der Waals surface area contributed by atoms with E-state index < -0.39 is 12.6 Å². The Morgan fingerprint density at radius 1 is 1.32 bits per heavy atom. The van der Waals surface area contributed by atoms with Crippen molar-refractivity contribution in [3.05, 3.63) is 11.7 Å². The van der Waals surface area contributed by atoms with Gasteiger partial charge in [-0.15, -0.1) is 0 Å². The molecule has 0 saturated carbocycles. The molecule has 0 aliphatic heterocycles. The maximum absolute atomic E-state index is 12.1. The highest BCUT2D eigenvalue weighted by Gasteiger charge is 2.27. The largest absolute Gasteiger partial charge is 0.389 e. The smallest absolute Gasteiger partial charge is 0.339 e. The zero-order valence-electron chi connectivity index (χ0n) is 11.4. The van der Waals surface area contributed by atoms with E-state index in [1.807, 2.05) is 6.92 Å². The summed E-state index contributed by atoms with van der Waals surface area (Å²) in [5.41, 5.74) is 0.